The molecule has 0 aliphatic carbocycles. The second-order valence-electron chi connectivity index (χ2n) is 6.74. The first-order valence-corrected chi connectivity index (χ1v) is 9.76. The summed E-state index contributed by atoms with van der Waals surface area (Å²) in [5.74, 6) is 0.437. The van der Waals surface area contributed by atoms with E-state index in [4.69, 9.17) is 9.31 Å². The zero-order valence-corrected chi connectivity index (χ0v) is 15.5. The first-order valence-electron chi connectivity index (χ1n) is 7.91. The van der Waals surface area contributed by atoms with Crippen LogP contribution in [0.25, 0.3) is 0 Å². The number of nitrogens with zero attached hydrogens (tertiary/aromatic N) is 1. The van der Waals surface area contributed by atoms with Gasteiger partial charge < -0.3 is 9.31 Å². The van der Waals surface area contributed by atoms with E-state index in [1.165, 1.54) is 6.07 Å². The smallest absolute Gasteiger partial charge is 0.399 e. The first kappa shape index (κ1) is 18.4. The highest BCUT2D eigenvalue weighted by molar-refractivity contribution is 7.93. The van der Waals surface area contributed by atoms with Crippen molar-refractivity contribution in [3.8, 4) is 0 Å². The molecule has 0 N–H and O–H groups in total. The van der Waals surface area contributed by atoms with Gasteiger partial charge in [0, 0.05) is 17.0 Å². The summed E-state index contributed by atoms with van der Waals surface area (Å²) in [5.41, 5.74) is -0.323. The van der Waals surface area contributed by atoms with E-state index in [1.807, 2.05) is 41.5 Å². The summed E-state index contributed by atoms with van der Waals surface area (Å²) in [7, 11) is -3.06. The second kappa shape index (κ2) is 6.18. The van der Waals surface area contributed by atoms with Crippen molar-refractivity contribution in [2.45, 2.75) is 52.7 Å². The van der Waals surface area contributed by atoms with E-state index in [9.17, 15) is 8.60 Å². The van der Waals surface area contributed by atoms with E-state index in [0.29, 0.717) is 22.7 Å². The summed E-state index contributed by atoms with van der Waals surface area (Å²) >= 11 is 0. The number of benzene rings is 1. The second-order valence-corrected chi connectivity index (χ2v) is 9.62. The first-order chi connectivity index (χ1) is 10.5. The SMILES string of the molecule is CCS(=O)(CC)=Nc1ccc(B2OC(C)(C)C(C)(C)O2)c(F)c1. The van der Waals surface area contributed by atoms with Crippen LogP contribution in [0.15, 0.2) is 22.6 Å². The number of hydrogen-bond donors (Lipinski definition) is 0. The normalized spacial score (nSPS) is 19.9. The topological polar surface area (TPSA) is 47.9 Å². The van der Waals surface area contributed by atoms with E-state index < -0.39 is 33.9 Å². The number of rotatable bonds is 4. The van der Waals surface area contributed by atoms with Crippen molar-refractivity contribution in [1.82, 2.24) is 0 Å². The molecule has 7 heteroatoms. The summed E-state index contributed by atoms with van der Waals surface area (Å²) in [6, 6.07) is 4.56. The van der Waals surface area contributed by atoms with Gasteiger partial charge in [0.2, 0.25) is 0 Å². The maximum absolute atomic E-state index is 14.5. The maximum Gasteiger partial charge on any atom is 0.497 e. The van der Waals surface area contributed by atoms with E-state index in [1.54, 1.807) is 12.1 Å². The molecule has 0 bridgehead atoms. The molecule has 1 aliphatic heterocycles. The third kappa shape index (κ3) is 3.62. The summed E-state index contributed by atoms with van der Waals surface area (Å²) in [4.78, 5) is 0. The van der Waals surface area contributed by atoms with Gasteiger partial charge in [-0.1, -0.05) is 19.9 Å². The Morgan fingerprint density at radius 2 is 1.65 bits per heavy atom. The Bertz CT molecular complexity index is 685. The minimum absolute atomic E-state index is 0.335. The number of halogens is 1. The molecule has 1 aliphatic rings. The van der Waals surface area contributed by atoms with Crippen LogP contribution in [0.2, 0.25) is 0 Å². The van der Waals surface area contributed by atoms with Crippen molar-refractivity contribution in [3.05, 3.63) is 24.0 Å². The Balaban J connectivity index is 2.34. The van der Waals surface area contributed by atoms with Crippen LogP contribution >= 0.6 is 0 Å². The molecule has 1 heterocycles. The Kier molecular flexibility index (Phi) is 4.95. The van der Waals surface area contributed by atoms with E-state index in [-0.39, 0.29) is 0 Å². The van der Waals surface area contributed by atoms with Gasteiger partial charge in [-0.15, -0.1) is 0 Å². The molecule has 4 nitrogen and oxygen atoms in total. The Labute approximate surface area is 139 Å². The van der Waals surface area contributed by atoms with Crippen molar-refractivity contribution >= 4 is 28.0 Å². The molecule has 1 aromatic rings. The predicted octanol–water partition coefficient (Wildman–Crippen LogP) is 3.26. The fraction of sp³-hybridized carbons (Fsp3) is 0.625. The van der Waals surface area contributed by atoms with Gasteiger partial charge in [-0.2, -0.15) is 4.36 Å². The van der Waals surface area contributed by atoms with Gasteiger partial charge in [-0.25, -0.2) is 8.60 Å². The molecule has 1 fully saturated rings. The van der Waals surface area contributed by atoms with Gasteiger partial charge >= 0.3 is 7.12 Å². The monoisotopic (exact) mass is 341 g/mol. The molecule has 0 atom stereocenters. The molecule has 1 aromatic carbocycles. The van der Waals surface area contributed by atoms with Gasteiger partial charge in [0.1, 0.15) is 5.82 Å². The van der Waals surface area contributed by atoms with Crippen LogP contribution in [-0.4, -0.2) is 34.0 Å². The van der Waals surface area contributed by atoms with Crippen molar-refractivity contribution in [1.29, 1.82) is 0 Å². The molecule has 2 rings (SSSR count). The van der Waals surface area contributed by atoms with Crippen molar-refractivity contribution in [2.24, 2.45) is 4.36 Å². The van der Waals surface area contributed by atoms with Crippen molar-refractivity contribution in [2.75, 3.05) is 11.5 Å². The van der Waals surface area contributed by atoms with Crippen LogP contribution < -0.4 is 5.46 Å². The van der Waals surface area contributed by atoms with Crippen molar-refractivity contribution < 1.29 is 17.9 Å². The van der Waals surface area contributed by atoms with E-state index >= 15 is 0 Å². The molecular formula is C16H25BFNO3S. The molecule has 0 unspecified atom stereocenters. The van der Waals surface area contributed by atoms with Crippen LogP contribution in [0.3, 0.4) is 0 Å². The largest absolute Gasteiger partial charge is 0.497 e. The lowest BCUT2D eigenvalue weighted by molar-refractivity contribution is 0.00578. The predicted molar refractivity (Wildman–Crippen MR) is 93.4 cm³/mol. The fourth-order valence-electron chi connectivity index (χ4n) is 2.26. The van der Waals surface area contributed by atoms with Crippen molar-refractivity contribution in [3.63, 3.8) is 0 Å². The third-order valence-corrected chi connectivity index (χ3v) is 7.01. The highest BCUT2D eigenvalue weighted by Gasteiger charge is 2.52. The molecule has 23 heavy (non-hydrogen) atoms. The van der Waals surface area contributed by atoms with Crippen LogP contribution in [-0.2, 0) is 19.0 Å². The third-order valence-electron chi connectivity index (χ3n) is 4.67. The average molecular weight is 341 g/mol. The van der Waals surface area contributed by atoms with E-state index in [2.05, 4.69) is 4.36 Å². The highest BCUT2D eigenvalue weighted by atomic mass is 32.2. The standard InChI is InChI=1S/C16H25BFNO3S/c1-7-23(20,8-2)19-12-9-10-13(14(18)11-12)17-21-15(3,4)16(5,6)22-17/h9-11H,7-8H2,1-6H3. The maximum atomic E-state index is 14.5. The van der Waals surface area contributed by atoms with Gasteiger partial charge in [0.25, 0.3) is 0 Å². The Morgan fingerprint density at radius 1 is 1.13 bits per heavy atom. The van der Waals surface area contributed by atoms with Gasteiger partial charge in [-0.3, -0.25) is 0 Å². The van der Waals surface area contributed by atoms with Gasteiger partial charge in [0.15, 0.2) is 0 Å². The molecule has 0 aromatic heterocycles. The molecule has 1 saturated heterocycles. The zero-order chi connectivity index (χ0) is 17.5. The molecule has 0 radical (unpaired) electrons. The summed E-state index contributed by atoms with van der Waals surface area (Å²) in [6.07, 6.45) is 0. The molecular weight excluding hydrogens is 316 g/mol. The minimum atomic E-state index is -2.31. The Hall–Kier alpha value is -0.915. The number of hydrogen-bond acceptors (Lipinski definition) is 4. The fourth-order valence-corrected chi connectivity index (χ4v) is 3.42. The minimum Gasteiger partial charge on any atom is -0.399 e. The van der Waals surface area contributed by atoms with Crippen LogP contribution in [0.4, 0.5) is 10.1 Å². The van der Waals surface area contributed by atoms with E-state index in [0.717, 1.165) is 0 Å². The molecule has 0 saturated carbocycles. The van der Waals surface area contributed by atoms with Crippen LogP contribution in [0.5, 0.6) is 0 Å². The quantitative estimate of drug-likeness (QED) is 0.790. The summed E-state index contributed by atoms with van der Waals surface area (Å²) in [5, 5.41) is 0. The van der Waals surface area contributed by atoms with Gasteiger partial charge in [-0.05, 0) is 39.8 Å². The van der Waals surface area contributed by atoms with Crippen LogP contribution in [0, 0.1) is 5.82 Å². The lowest BCUT2D eigenvalue weighted by Crippen LogP contribution is -2.41. The lowest BCUT2D eigenvalue weighted by Gasteiger charge is -2.32. The summed E-state index contributed by atoms with van der Waals surface area (Å²) in [6.45, 7) is 11.3. The zero-order valence-electron chi connectivity index (χ0n) is 14.7. The molecule has 0 amide bonds. The average Bonchev–Trinajstić information content (AvgIpc) is 2.67. The lowest BCUT2D eigenvalue weighted by atomic mass is 9.78. The molecule has 0 spiro atoms. The van der Waals surface area contributed by atoms with Gasteiger partial charge in [0.05, 0.1) is 26.6 Å². The summed E-state index contributed by atoms with van der Waals surface area (Å²) < 4.78 is 42.8. The van der Waals surface area contributed by atoms with Crippen LogP contribution in [0.1, 0.15) is 41.5 Å². The highest BCUT2D eigenvalue weighted by Crippen LogP contribution is 2.36. The molecule has 128 valence electrons. The Morgan fingerprint density at radius 3 is 2.09 bits per heavy atom.